The van der Waals surface area contributed by atoms with Gasteiger partial charge in [-0.25, -0.2) is 12.8 Å². The molecule has 0 bridgehead atoms. The van der Waals surface area contributed by atoms with Gasteiger partial charge in [-0.3, -0.25) is 0 Å². The van der Waals surface area contributed by atoms with Gasteiger partial charge in [0.05, 0.1) is 11.1 Å². The van der Waals surface area contributed by atoms with E-state index in [1.165, 1.54) is 18.2 Å². The first-order valence-electron chi connectivity index (χ1n) is 5.53. The summed E-state index contributed by atoms with van der Waals surface area (Å²) in [7, 11) is -3.90. The highest BCUT2D eigenvalue weighted by Crippen LogP contribution is 2.19. The molecule has 98 valence electrons. The van der Waals surface area contributed by atoms with Crippen molar-refractivity contribution in [3.8, 4) is 0 Å². The van der Waals surface area contributed by atoms with Gasteiger partial charge in [0.2, 0.25) is 9.84 Å². The minimum atomic E-state index is -3.90. The monoisotopic (exact) mass is 277 g/mol. The number of sulfone groups is 1. The molecule has 2 N–H and O–H groups in total. The molecule has 0 spiro atoms. The van der Waals surface area contributed by atoms with Crippen LogP contribution in [0, 0.1) is 5.82 Å². The zero-order valence-electron chi connectivity index (χ0n) is 9.95. The number of hydrogen-bond acceptors (Lipinski definition) is 3. The summed E-state index contributed by atoms with van der Waals surface area (Å²) in [5.41, 5.74) is 6.37. The van der Waals surface area contributed by atoms with Crippen molar-refractivity contribution in [2.24, 2.45) is 5.73 Å². The molecule has 19 heavy (non-hydrogen) atoms. The maximum atomic E-state index is 13.5. The second-order valence-corrected chi connectivity index (χ2v) is 5.68. The van der Waals surface area contributed by atoms with Crippen LogP contribution in [0.25, 0.3) is 5.70 Å². The fourth-order valence-corrected chi connectivity index (χ4v) is 2.81. The van der Waals surface area contributed by atoms with Crippen LogP contribution in [0.2, 0.25) is 0 Å². The largest absolute Gasteiger partial charge is 0.398 e. The zero-order chi connectivity index (χ0) is 13.9. The fraction of sp³-hybridized carbons (Fsp3) is 0. The van der Waals surface area contributed by atoms with E-state index in [9.17, 15) is 12.8 Å². The van der Waals surface area contributed by atoms with Crippen molar-refractivity contribution in [3.05, 3.63) is 71.4 Å². The minimum Gasteiger partial charge on any atom is -0.398 e. The molecule has 0 unspecified atom stereocenters. The molecule has 0 amide bonds. The first kappa shape index (κ1) is 13.3. The molecular weight excluding hydrogens is 265 g/mol. The van der Waals surface area contributed by atoms with E-state index in [-0.39, 0.29) is 10.6 Å². The van der Waals surface area contributed by atoms with Crippen LogP contribution in [0.1, 0.15) is 5.56 Å². The van der Waals surface area contributed by atoms with E-state index in [0.717, 1.165) is 11.5 Å². The lowest BCUT2D eigenvalue weighted by molar-refractivity contribution is 0.572. The predicted molar refractivity (Wildman–Crippen MR) is 72.2 cm³/mol. The van der Waals surface area contributed by atoms with Crippen molar-refractivity contribution in [1.29, 1.82) is 0 Å². The number of hydrogen-bond donors (Lipinski definition) is 1. The van der Waals surface area contributed by atoms with E-state index in [4.69, 9.17) is 5.73 Å². The van der Waals surface area contributed by atoms with Gasteiger partial charge >= 0.3 is 0 Å². The summed E-state index contributed by atoms with van der Waals surface area (Å²) in [4.78, 5) is -0.381. The molecule has 0 aliphatic carbocycles. The molecule has 2 aromatic carbocycles. The van der Waals surface area contributed by atoms with Gasteiger partial charge in [0.25, 0.3) is 0 Å². The molecule has 3 nitrogen and oxygen atoms in total. The van der Waals surface area contributed by atoms with Crippen molar-refractivity contribution >= 4 is 15.5 Å². The van der Waals surface area contributed by atoms with Crippen molar-refractivity contribution in [2.45, 2.75) is 4.90 Å². The van der Waals surface area contributed by atoms with Crippen LogP contribution < -0.4 is 5.73 Å². The number of halogens is 1. The Bertz CT molecular complexity index is 709. The lowest BCUT2D eigenvalue weighted by atomic mass is 10.2. The summed E-state index contributed by atoms with van der Waals surface area (Å²) < 4.78 is 37.6. The van der Waals surface area contributed by atoms with Crippen molar-refractivity contribution in [1.82, 2.24) is 0 Å². The Morgan fingerprint density at radius 1 is 1.00 bits per heavy atom. The number of rotatable bonds is 3. The normalized spacial score (nSPS) is 12.4. The summed E-state index contributed by atoms with van der Waals surface area (Å²) >= 11 is 0. The lowest BCUT2D eigenvalue weighted by Gasteiger charge is -2.04. The van der Waals surface area contributed by atoms with E-state index < -0.39 is 15.7 Å². The second kappa shape index (κ2) is 5.24. The Morgan fingerprint density at radius 2 is 1.58 bits per heavy atom. The average molecular weight is 277 g/mol. The minimum absolute atomic E-state index is 0.0730. The molecule has 2 rings (SSSR count). The second-order valence-electron chi connectivity index (χ2n) is 3.91. The first-order valence-corrected chi connectivity index (χ1v) is 7.07. The van der Waals surface area contributed by atoms with Gasteiger partial charge in [0.1, 0.15) is 10.7 Å². The zero-order valence-corrected chi connectivity index (χ0v) is 10.8. The molecule has 0 saturated heterocycles. The lowest BCUT2D eigenvalue weighted by Crippen LogP contribution is -2.05. The maximum absolute atomic E-state index is 13.5. The summed E-state index contributed by atoms with van der Waals surface area (Å²) in [6.07, 6.45) is 0. The standard InChI is InChI=1S/C14H12FNO2S/c15-12-8-4-5-9-14(12)19(17,18)10-13(16)11-6-2-1-3-7-11/h1-10H,16H2/b13-10-. The van der Waals surface area contributed by atoms with Gasteiger partial charge in [-0.2, -0.15) is 0 Å². The maximum Gasteiger partial charge on any atom is 0.204 e. The van der Waals surface area contributed by atoms with E-state index in [2.05, 4.69) is 0 Å². The van der Waals surface area contributed by atoms with Crippen LogP contribution in [-0.4, -0.2) is 8.42 Å². The first-order chi connectivity index (χ1) is 9.00. The Balaban J connectivity index is 2.45. The highest BCUT2D eigenvalue weighted by Gasteiger charge is 2.16. The molecule has 2 aromatic rings. The van der Waals surface area contributed by atoms with Gasteiger partial charge in [-0.05, 0) is 17.7 Å². The van der Waals surface area contributed by atoms with E-state index in [1.54, 1.807) is 30.3 Å². The molecule has 0 saturated carbocycles. The SMILES string of the molecule is N/C(=C\S(=O)(=O)c1ccccc1F)c1ccccc1. The van der Waals surface area contributed by atoms with Crippen LogP contribution in [0.4, 0.5) is 4.39 Å². The van der Waals surface area contributed by atoms with Gasteiger partial charge in [-0.15, -0.1) is 0 Å². The van der Waals surface area contributed by atoms with Crippen LogP contribution in [0.15, 0.2) is 64.9 Å². The molecule has 5 heteroatoms. The van der Waals surface area contributed by atoms with E-state index in [1.807, 2.05) is 0 Å². The quantitative estimate of drug-likeness (QED) is 0.938. The summed E-state index contributed by atoms with van der Waals surface area (Å²) in [5.74, 6) is -0.792. The van der Waals surface area contributed by atoms with Gasteiger partial charge in [0, 0.05) is 0 Å². The topological polar surface area (TPSA) is 60.2 Å². The third kappa shape index (κ3) is 3.00. The van der Waals surface area contributed by atoms with Gasteiger partial charge in [0.15, 0.2) is 0 Å². The molecule has 0 radical (unpaired) electrons. The summed E-state index contributed by atoms with van der Waals surface area (Å²) in [5, 5.41) is 0.876. The van der Waals surface area contributed by atoms with Gasteiger partial charge < -0.3 is 5.73 Å². The number of benzene rings is 2. The Morgan fingerprint density at radius 3 is 2.21 bits per heavy atom. The highest BCUT2D eigenvalue weighted by atomic mass is 32.2. The Labute approximate surface area is 111 Å². The Kier molecular flexibility index (Phi) is 3.66. The smallest absolute Gasteiger partial charge is 0.204 e. The molecule has 0 fully saturated rings. The van der Waals surface area contributed by atoms with E-state index in [0.29, 0.717) is 5.56 Å². The highest BCUT2D eigenvalue weighted by molar-refractivity contribution is 7.94. The predicted octanol–water partition coefficient (Wildman–Crippen LogP) is 2.56. The van der Waals surface area contributed by atoms with Crippen molar-refractivity contribution < 1.29 is 12.8 Å². The van der Waals surface area contributed by atoms with E-state index >= 15 is 0 Å². The average Bonchev–Trinajstić information content (AvgIpc) is 2.39. The summed E-state index contributed by atoms with van der Waals surface area (Å²) in [6.45, 7) is 0. The van der Waals surface area contributed by atoms with Crippen LogP contribution in [0.5, 0.6) is 0 Å². The van der Waals surface area contributed by atoms with Crippen LogP contribution >= 0.6 is 0 Å². The van der Waals surface area contributed by atoms with Crippen LogP contribution in [-0.2, 0) is 9.84 Å². The molecule has 0 aliphatic rings. The van der Waals surface area contributed by atoms with Crippen LogP contribution in [0.3, 0.4) is 0 Å². The van der Waals surface area contributed by atoms with Crippen molar-refractivity contribution in [2.75, 3.05) is 0 Å². The molecule has 0 aliphatic heterocycles. The molecule has 0 atom stereocenters. The molecule has 0 aromatic heterocycles. The van der Waals surface area contributed by atoms with Crippen molar-refractivity contribution in [3.63, 3.8) is 0 Å². The third-order valence-corrected chi connectivity index (χ3v) is 4.04. The Hall–Kier alpha value is -2.14. The third-order valence-electron chi connectivity index (χ3n) is 2.53. The van der Waals surface area contributed by atoms with Gasteiger partial charge in [-0.1, -0.05) is 42.5 Å². The molecule has 0 heterocycles. The summed E-state index contributed by atoms with van der Waals surface area (Å²) in [6, 6.07) is 13.8. The molecular formula is C14H12FNO2S. The number of nitrogens with two attached hydrogens (primary N) is 1. The fourth-order valence-electron chi connectivity index (χ4n) is 1.60.